The van der Waals surface area contributed by atoms with Gasteiger partial charge < -0.3 is 14.5 Å². The molecule has 5 rings (SSSR count). The first-order chi connectivity index (χ1) is 15.1. The predicted octanol–water partition coefficient (Wildman–Crippen LogP) is 2.09. The molecule has 2 aromatic heterocycles. The van der Waals surface area contributed by atoms with Crippen LogP contribution in [0.5, 0.6) is 0 Å². The van der Waals surface area contributed by atoms with E-state index in [0.717, 1.165) is 26.9 Å². The fourth-order valence-corrected chi connectivity index (χ4v) is 5.60. The van der Waals surface area contributed by atoms with E-state index in [9.17, 15) is 14.4 Å². The summed E-state index contributed by atoms with van der Waals surface area (Å²) in [5, 5.41) is 7.27. The number of nitrogens with zero attached hydrogens (tertiary/aromatic N) is 3. The van der Waals surface area contributed by atoms with Crippen molar-refractivity contribution in [2.45, 2.75) is 12.3 Å². The lowest BCUT2D eigenvalue weighted by atomic mass is 9.94. The van der Waals surface area contributed by atoms with Gasteiger partial charge in [-0.05, 0) is 29.5 Å². The van der Waals surface area contributed by atoms with E-state index in [1.165, 1.54) is 23.5 Å². The maximum atomic E-state index is 13.4. The molecule has 0 bridgehead atoms. The van der Waals surface area contributed by atoms with Gasteiger partial charge in [0.1, 0.15) is 5.69 Å². The van der Waals surface area contributed by atoms with Crippen LogP contribution in [-0.4, -0.2) is 71.2 Å². The number of benzene rings is 1. The first kappa shape index (κ1) is 19.9. The van der Waals surface area contributed by atoms with Crippen LogP contribution >= 0.6 is 11.3 Å². The number of likely N-dealkylation sites (tertiary alicyclic amines) is 1. The fraction of sp³-hybridized carbons (Fsp3) is 0.364. The predicted molar refractivity (Wildman–Crippen MR) is 117 cm³/mol. The molecule has 1 N–H and O–H groups in total. The SMILES string of the molecule is O=C(c1ccc(=O)[nH]n1)N1CC[C@H](c2c(C(=O)N3CCOCC3)sc3ccccc23)C1. The maximum Gasteiger partial charge on any atom is 0.274 e. The maximum absolute atomic E-state index is 13.4. The number of H-pyrrole nitrogens is 1. The standard InChI is InChI=1S/C22H22N4O4S/c27-18-6-5-16(23-24-18)21(28)26-8-7-14(13-26)19-15-3-1-2-4-17(15)31-20(19)22(29)25-9-11-30-12-10-25/h1-6,14H,7-13H2,(H,24,27)/t14-/m0/s1. The second-order valence-corrected chi connectivity index (χ2v) is 8.84. The second kappa shape index (κ2) is 8.24. The van der Waals surface area contributed by atoms with Crippen molar-refractivity contribution < 1.29 is 14.3 Å². The molecule has 2 saturated heterocycles. The molecule has 0 spiro atoms. The molecule has 2 amide bonds. The Morgan fingerprint density at radius 2 is 1.84 bits per heavy atom. The molecular weight excluding hydrogens is 416 g/mol. The van der Waals surface area contributed by atoms with Crippen molar-refractivity contribution in [1.29, 1.82) is 0 Å². The second-order valence-electron chi connectivity index (χ2n) is 7.79. The van der Waals surface area contributed by atoms with E-state index in [-0.39, 0.29) is 29.0 Å². The molecule has 2 aliphatic rings. The number of carbonyl (C=O) groups excluding carboxylic acids is 2. The number of aromatic amines is 1. The summed E-state index contributed by atoms with van der Waals surface area (Å²) in [6, 6.07) is 10.8. The van der Waals surface area contributed by atoms with Crippen molar-refractivity contribution in [3.63, 3.8) is 0 Å². The normalized spacial score (nSPS) is 19.2. The zero-order valence-corrected chi connectivity index (χ0v) is 17.7. The van der Waals surface area contributed by atoms with Crippen LogP contribution in [-0.2, 0) is 4.74 Å². The average molecular weight is 439 g/mol. The van der Waals surface area contributed by atoms with Crippen LogP contribution in [0, 0.1) is 0 Å². The van der Waals surface area contributed by atoms with Crippen molar-refractivity contribution in [1.82, 2.24) is 20.0 Å². The molecule has 0 aliphatic carbocycles. The van der Waals surface area contributed by atoms with Crippen LogP contribution in [0.2, 0.25) is 0 Å². The van der Waals surface area contributed by atoms with E-state index in [1.807, 2.05) is 23.1 Å². The summed E-state index contributed by atoms with van der Waals surface area (Å²) in [4.78, 5) is 41.9. The first-order valence-corrected chi connectivity index (χ1v) is 11.2. The molecule has 4 heterocycles. The summed E-state index contributed by atoms with van der Waals surface area (Å²) in [6.45, 7) is 3.41. The van der Waals surface area contributed by atoms with Gasteiger partial charge >= 0.3 is 0 Å². The third-order valence-corrected chi connectivity index (χ3v) is 7.08. The van der Waals surface area contributed by atoms with Crippen LogP contribution in [0.15, 0.2) is 41.2 Å². The molecule has 160 valence electrons. The average Bonchev–Trinajstić information content (AvgIpc) is 3.44. The molecule has 0 saturated carbocycles. The van der Waals surface area contributed by atoms with Gasteiger partial charge in [-0.25, -0.2) is 5.10 Å². The highest BCUT2D eigenvalue weighted by atomic mass is 32.1. The van der Waals surface area contributed by atoms with Gasteiger partial charge in [0, 0.05) is 42.9 Å². The number of aromatic nitrogens is 2. The number of amides is 2. The van der Waals surface area contributed by atoms with Crippen LogP contribution in [0.25, 0.3) is 10.1 Å². The Kier molecular flexibility index (Phi) is 5.29. The zero-order valence-electron chi connectivity index (χ0n) is 16.9. The minimum atomic E-state index is -0.341. The smallest absolute Gasteiger partial charge is 0.274 e. The minimum Gasteiger partial charge on any atom is -0.378 e. The minimum absolute atomic E-state index is 0.0478. The quantitative estimate of drug-likeness (QED) is 0.676. The lowest BCUT2D eigenvalue weighted by Crippen LogP contribution is -2.40. The monoisotopic (exact) mass is 438 g/mol. The van der Waals surface area contributed by atoms with Crippen LogP contribution in [0.4, 0.5) is 0 Å². The van der Waals surface area contributed by atoms with E-state index in [1.54, 1.807) is 4.90 Å². The Bertz CT molecular complexity index is 1180. The molecule has 31 heavy (non-hydrogen) atoms. The summed E-state index contributed by atoms with van der Waals surface area (Å²) in [6.07, 6.45) is 0.777. The molecule has 3 aromatic rings. The largest absolute Gasteiger partial charge is 0.378 e. The highest BCUT2D eigenvalue weighted by Crippen LogP contribution is 2.41. The summed E-state index contributed by atoms with van der Waals surface area (Å²) in [5.41, 5.74) is 0.925. The molecule has 1 atom stereocenters. The number of ether oxygens (including phenoxy) is 1. The van der Waals surface area contributed by atoms with Crippen LogP contribution in [0.1, 0.15) is 38.1 Å². The lowest BCUT2D eigenvalue weighted by molar-refractivity contribution is 0.0305. The van der Waals surface area contributed by atoms with Crippen LogP contribution < -0.4 is 5.56 Å². The summed E-state index contributed by atoms with van der Waals surface area (Å²) in [5.74, 6) is -0.0891. The molecule has 2 aliphatic heterocycles. The van der Waals surface area contributed by atoms with Crippen molar-refractivity contribution in [2.24, 2.45) is 0 Å². The van der Waals surface area contributed by atoms with Gasteiger partial charge in [0.15, 0.2) is 0 Å². The van der Waals surface area contributed by atoms with Crippen molar-refractivity contribution in [2.75, 3.05) is 39.4 Å². The van der Waals surface area contributed by atoms with E-state index >= 15 is 0 Å². The van der Waals surface area contributed by atoms with Gasteiger partial charge in [0.2, 0.25) is 0 Å². The summed E-state index contributed by atoms with van der Waals surface area (Å²) in [7, 11) is 0. The van der Waals surface area contributed by atoms with Gasteiger partial charge in [0.05, 0.1) is 18.1 Å². The molecular formula is C22H22N4O4S. The number of morpholine rings is 1. The topological polar surface area (TPSA) is 95.6 Å². The number of thiophene rings is 1. The lowest BCUT2D eigenvalue weighted by Gasteiger charge is -2.27. The van der Waals surface area contributed by atoms with Gasteiger partial charge in [-0.15, -0.1) is 11.3 Å². The molecule has 8 nitrogen and oxygen atoms in total. The number of nitrogens with one attached hydrogen (secondary N) is 1. The Morgan fingerprint density at radius 3 is 2.61 bits per heavy atom. The van der Waals surface area contributed by atoms with Crippen molar-refractivity contribution in [3.8, 4) is 0 Å². The van der Waals surface area contributed by atoms with E-state index in [0.29, 0.717) is 39.4 Å². The van der Waals surface area contributed by atoms with E-state index in [2.05, 4.69) is 16.3 Å². The number of fused-ring (bicyclic) bond motifs is 1. The Balaban J connectivity index is 1.45. The molecule has 0 unspecified atom stereocenters. The molecule has 1 aromatic carbocycles. The molecule has 0 radical (unpaired) electrons. The number of hydrogen-bond acceptors (Lipinski definition) is 6. The highest BCUT2D eigenvalue weighted by Gasteiger charge is 2.34. The summed E-state index contributed by atoms with van der Waals surface area (Å²) < 4.78 is 6.49. The zero-order chi connectivity index (χ0) is 21.4. The first-order valence-electron chi connectivity index (χ1n) is 10.4. The highest BCUT2D eigenvalue weighted by molar-refractivity contribution is 7.21. The van der Waals surface area contributed by atoms with Gasteiger partial charge in [-0.3, -0.25) is 14.4 Å². The Morgan fingerprint density at radius 1 is 1.03 bits per heavy atom. The van der Waals surface area contributed by atoms with Gasteiger partial charge in [-0.1, -0.05) is 18.2 Å². The number of rotatable bonds is 3. The summed E-state index contributed by atoms with van der Waals surface area (Å²) >= 11 is 1.53. The Hall–Kier alpha value is -3.04. The van der Waals surface area contributed by atoms with E-state index in [4.69, 9.17) is 4.74 Å². The third-order valence-electron chi connectivity index (χ3n) is 5.91. The van der Waals surface area contributed by atoms with E-state index < -0.39 is 0 Å². The van der Waals surface area contributed by atoms with Gasteiger partial charge in [-0.2, -0.15) is 5.10 Å². The van der Waals surface area contributed by atoms with Crippen molar-refractivity contribution >= 4 is 33.2 Å². The number of hydrogen-bond donors (Lipinski definition) is 1. The Labute approximate surface area is 182 Å². The third kappa shape index (κ3) is 3.75. The van der Waals surface area contributed by atoms with Crippen molar-refractivity contribution in [3.05, 3.63) is 62.9 Å². The number of carbonyl (C=O) groups is 2. The molecule has 9 heteroatoms. The molecule has 2 fully saturated rings. The van der Waals surface area contributed by atoms with Gasteiger partial charge in [0.25, 0.3) is 17.4 Å². The fourth-order valence-electron chi connectivity index (χ4n) is 4.35. The van der Waals surface area contributed by atoms with Crippen LogP contribution in [0.3, 0.4) is 0 Å².